The summed E-state index contributed by atoms with van der Waals surface area (Å²) in [6.07, 6.45) is 9.47. The Morgan fingerprint density at radius 1 is 0.778 bits per heavy atom. The fourth-order valence-electron chi connectivity index (χ4n) is 3.98. The summed E-state index contributed by atoms with van der Waals surface area (Å²) in [6, 6.07) is 0. The zero-order chi connectivity index (χ0) is 13.4. The molecule has 104 valence electrons. The smallest absolute Gasteiger partial charge is 0.144 e. The highest BCUT2D eigenvalue weighted by atomic mass is 16.1. The molecular formula is C17H30O. The minimum absolute atomic E-state index is 0.0121. The number of hydrogen-bond donors (Lipinski definition) is 0. The Balaban J connectivity index is 2.06. The highest BCUT2D eigenvalue weighted by Crippen LogP contribution is 2.48. The van der Waals surface area contributed by atoms with Gasteiger partial charge in [-0.25, -0.2) is 0 Å². The fraction of sp³-hybridized carbons (Fsp3) is 0.941. The Morgan fingerprint density at radius 3 is 1.33 bits per heavy atom. The molecule has 0 bridgehead atoms. The van der Waals surface area contributed by atoms with Crippen LogP contribution in [-0.2, 0) is 4.79 Å². The molecule has 0 amide bonds. The maximum atomic E-state index is 13.0. The van der Waals surface area contributed by atoms with Gasteiger partial charge < -0.3 is 0 Å². The fourth-order valence-corrected chi connectivity index (χ4v) is 3.98. The van der Waals surface area contributed by atoms with E-state index in [9.17, 15) is 4.79 Å². The van der Waals surface area contributed by atoms with Crippen LogP contribution in [0.3, 0.4) is 0 Å². The molecule has 0 spiro atoms. The Labute approximate surface area is 113 Å². The third kappa shape index (κ3) is 2.65. The molecule has 0 unspecified atom stereocenters. The van der Waals surface area contributed by atoms with Gasteiger partial charge in [-0.1, -0.05) is 27.7 Å². The molecule has 2 rings (SSSR count). The van der Waals surface area contributed by atoms with E-state index >= 15 is 0 Å². The first-order valence-corrected chi connectivity index (χ1v) is 7.91. The number of rotatable bonds is 2. The molecule has 2 saturated carbocycles. The van der Waals surface area contributed by atoms with E-state index in [1.807, 2.05) is 0 Å². The minimum Gasteiger partial charge on any atom is -0.298 e. The Bertz CT molecular complexity index is 272. The van der Waals surface area contributed by atoms with Gasteiger partial charge in [0.05, 0.1) is 0 Å². The standard InChI is InChI=1S/C17H30O/c1-13-5-9-16(3,10-6-13)15(18)17(4)11-7-14(2)8-12-17/h13-14H,5-12H2,1-4H3. The normalized spacial score (nSPS) is 45.8. The van der Waals surface area contributed by atoms with E-state index < -0.39 is 0 Å². The lowest BCUT2D eigenvalue weighted by atomic mass is 9.59. The van der Waals surface area contributed by atoms with Gasteiger partial charge in [-0.15, -0.1) is 0 Å². The van der Waals surface area contributed by atoms with Gasteiger partial charge in [-0.05, 0) is 63.2 Å². The molecule has 0 aromatic rings. The highest BCUT2D eigenvalue weighted by Gasteiger charge is 2.46. The second-order valence-corrected chi connectivity index (χ2v) is 7.82. The average Bonchev–Trinajstić information content (AvgIpc) is 2.36. The molecule has 1 nitrogen and oxygen atoms in total. The lowest BCUT2D eigenvalue weighted by molar-refractivity contribution is -0.142. The molecule has 1 heteroatoms. The quantitative estimate of drug-likeness (QED) is 0.675. The number of Topliss-reactive ketones (excluding diaryl/α,β-unsaturated/α-hetero) is 1. The van der Waals surface area contributed by atoms with Crippen LogP contribution in [0, 0.1) is 22.7 Å². The number of carbonyl (C=O) groups is 1. The summed E-state index contributed by atoms with van der Waals surface area (Å²) >= 11 is 0. The van der Waals surface area contributed by atoms with Crippen molar-refractivity contribution < 1.29 is 4.79 Å². The summed E-state index contributed by atoms with van der Waals surface area (Å²) in [5.41, 5.74) is -0.0241. The van der Waals surface area contributed by atoms with Crippen LogP contribution in [0.25, 0.3) is 0 Å². The van der Waals surface area contributed by atoms with Gasteiger partial charge in [0.1, 0.15) is 5.78 Å². The second-order valence-electron chi connectivity index (χ2n) is 7.82. The molecule has 0 aliphatic heterocycles. The van der Waals surface area contributed by atoms with E-state index in [0.717, 1.165) is 37.5 Å². The first-order valence-electron chi connectivity index (χ1n) is 7.91. The molecule has 2 aliphatic rings. The van der Waals surface area contributed by atoms with Gasteiger partial charge in [0.25, 0.3) is 0 Å². The van der Waals surface area contributed by atoms with E-state index in [-0.39, 0.29) is 10.8 Å². The van der Waals surface area contributed by atoms with Gasteiger partial charge in [-0.2, -0.15) is 0 Å². The van der Waals surface area contributed by atoms with E-state index in [1.54, 1.807) is 0 Å². The molecule has 0 aromatic heterocycles. The average molecular weight is 250 g/mol. The van der Waals surface area contributed by atoms with Crippen LogP contribution < -0.4 is 0 Å². The molecule has 0 radical (unpaired) electrons. The molecule has 0 saturated heterocycles. The van der Waals surface area contributed by atoms with Crippen LogP contribution in [0.2, 0.25) is 0 Å². The summed E-state index contributed by atoms with van der Waals surface area (Å²) < 4.78 is 0. The Morgan fingerprint density at radius 2 is 1.06 bits per heavy atom. The van der Waals surface area contributed by atoms with Gasteiger partial charge in [0, 0.05) is 10.8 Å². The summed E-state index contributed by atoms with van der Waals surface area (Å²) in [6.45, 7) is 9.14. The molecular weight excluding hydrogens is 220 g/mol. The van der Waals surface area contributed by atoms with Crippen LogP contribution in [0.15, 0.2) is 0 Å². The van der Waals surface area contributed by atoms with Crippen molar-refractivity contribution in [2.24, 2.45) is 22.7 Å². The highest BCUT2D eigenvalue weighted by molar-refractivity contribution is 5.89. The monoisotopic (exact) mass is 250 g/mol. The molecule has 0 heterocycles. The zero-order valence-electron chi connectivity index (χ0n) is 12.7. The first kappa shape index (κ1) is 14.1. The molecule has 18 heavy (non-hydrogen) atoms. The van der Waals surface area contributed by atoms with Crippen LogP contribution in [0.5, 0.6) is 0 Å². The SMILES string of the molecule is CC1CCC(C)(C(=O)C2(C)CCC(C)CC2)CC1. The summed E-state index contributed by atoms with van der Waals surface area (Å²) in [5, 5.41) is 0. The van der Waals surface area contributed by atoms with E-state index in [1.165, 1.54) is 25.7 Å². The van der Waals surface area contributed by atoms with Gasteiger partial charge in [0.15, 0.2) is 0 Å². The van der Waals surface area contributed by atoms with Crippen molar-refractivity contribution in [3.05, 3.63) is 0 Å². The van der Waals surface area contributed by atoms with E-state index in [0.29, 0.717) is 5.78 Å². The largest absolute Gasteiger partial charge is 0.298 e. The first-order chi connectivity index (χ1) is 8.36. The number of carbonyl (C=O) groups excluding carboxylic acids is 1. The van der Waals surface area contributed by atoms with E-state index in [2.05, 4.69) is 27.7 Å². The van der Waals surface area contributed by atoms with Crippen molar-refractivity contribution in [2.45, 2.75) is 79.1 Å². The van der Waals surface area contributed by atoms with Crippen LogP contribution >= 0.6 is 0 Å². The second kappa shape index (κ2) is 4.98. The van der Waals surface area contributed by atoms with Crippen molar-refractivity contribution in [1.82, 2.24) is 0 Å². The van der Waals surface area contributed by atoms with Crippen LogP contribution in [-0.4, -0.2) is 5.78 Å². The Kier molecular flexibility index (Phi) is 3.90. The molecule has 0 N–H and O–H groups in total. The van der Waals surface area contributed by atoms with Gasteiger partial charge in [-0.3, -0.25) is 4.79 Å². The maximum absolute atomic E-state index is 13.0. The van der Waals surface area contributed by atoms with Crippen molar-refractivity contribution in [2.75, 3.05) is 0 Å². The minimum atomic E-state index is -0.0121. The number of ketones is 1. The molecule has 2 aliphatic carbocycles. The summed E-state index contributed by atoms with van der Waals surface area (Å²) in [7, 11) is 0. The zero-order valence-corrected chi connectivity index (χ0v) is 12.7. The third-order valence-corrected chi connectivity index (χ3v) is 5.85. The third-order valence-electron chi connectivity index (χ3n) is 5.85. The van der Waals surface area contributed by atoms with Crippen molar-refractivity contribution >= 4 is 5.78 Å². The summed E-state index contributed by atoms with van der Waals surface area (Å²) in [4.78, 5) is 13.0. The van der Waals surface area contributed by atoms with Gasteiger partial charge in [0.2, 0.25) is 0 Å². The van der Waals surface area contributed by atoms with Crippen molar-refractivity contribution in [3.63, 3.8) is 0 Å². The maximum Gasteiger partial charge on any atom is 0.144 e. The lowest BCUT2D eigenvalue weighted by Gasteiger charge is -2.44. The topological polar surface area (TPSA) is 17.1 Å². The molecule has 0 atom stereocenters. The van der Waals surface area contributed by atoms with Crippen molar-refractivity contribution in [1.29, 1.82) is 0 Å². The lowest BCUT2D eigenvalue weighted by Crippen LogP contribution is -2.44. The van der Waals surface area contributed by atoms with Crippen LogP contribution in [0.4, 0.5) is 0 Å². The van der Waals surface area contributed by atoms with Crippen molar-refractivity contribution in [3.8, 4) is 0 Å². The summed E-state index contributed by atoms with van der Waals surface area (Å²) in [5.74, 6) is 2.24. The predicted molar refractivity (Wildman–Crippen MR) is 76.5 cm³/mol. The molecule has 2 fully saturated rings. The molecule has 0 aromatic carbocycles. The Hall–Kier alpha value is -0.330. The van der Waals surface area contributed by atoms with Crippen LogP contribution in [0.1, 0.15) is 79.1 Å². The van der Waals surface area contributed by atoms with Gasteiger partial charge >= 0.3 is 0 Å². The number of hydrogen-bond acceptors (Lipinski definition) is 1. The van der Waals surface area contributed by atoms with E-state index in [4.69, 9.17) is 0 Å². The predicted octanol–water partition coefficient (Wildman–Crippen LogP) is 4.99.